The SMILES string of the molecule is CCCCOCC1(CS(=O)(=O)Cl)CCCC1. The summed E-state index contributed by atoms with van der Waals surface area (Å²) in [7, 11) is 1.94. The Morgan fingerprint density at radius 1 is 1.31 bits per heavy atom. The molecule has 16 heavy (non-hydrogen) atoms. The zero-order chi connectivity index (χ0) is 12.1. The third-order valence-corrected chi connectivity index (χ3v) is 4.48. The average molecular weight is 269 g/mol. The molecule has 0 aromatic carbocycles. The van der Waals surface area contributed by atoms with E-state index in [1.54, 1.807) is 0 Å². The fourth-order valence-electron chi connectivity index (χ4n) is 2.36. The highest BCUT2D eigenvalue weighted by atomic mass is 35.7. The van der Waals surface area contributed by atoms with Gasteiger partial charge in [-0.3, -0.25) is 0 Å². The molecule has 0 saturated heterocycles. The lowest BCUT2D eigenvalue weighted by Crippen LogP contribution is -2.30. The van der Waals surface area contributed by atoms with Gasteiger partial charge < -0.3 is 4.74 Å². The van der Waals surface area contributed by atoms with Gasteiger partial charge in [0.15, 0.2) is 0 Å². The second-order valence-electron chi connectivity index (χ2n) is 4.80. The van der Waals surface area contributed by atoms with Crippen LogP contribution in [0.1, 0.15) is 45.4 Å². The van der Waals surface area contributed by atoms with E-state index in [9.17, 15) is 8.42 Å². The van der Waals surface area contributed by atoms with Crippen LogP contribution in [0.2, 0.25) is 0 Å². The number of ether oxygens (including phenoxy) is 1. The molecule has 1 rings (SSSR count). The number of halogens is 1. The molecule has 0 amide bonds. The summed E-state index contributed by atoms with van der Waals surface area (Å²) in [5.74, 6) is 0.0632. The van der Waals surface area contributed by atoms with Gasteiger partial charge in [0.2, 0.25) is 9.05 Å². The van der Waals surface area contributed by atoms with Gasteiger partial charge in [-0.15, -0.1) is 0 Å². The number of unbranched alkanes of at least 4 members (excludes halogenated alkanes) is 1. The van der Waals surface area contributed by atoms with Crippen LogP contribution < -0.4 is 0 Å². The molecule has 1 fully saturated rings. The summed E-state index contributed by atoms with van der Waals surface area (Å²) in [5, 5.41) is 0. The van der Waals surface area contributed by atoms with Crippen LogP contribution in [-0.4, -0.2) is 27.4 Å². The lowest BCUT2D eigenvalue weighted by Gasteiger charge is -2.27. The van der Waals surface area contributed by atoms with Gasteiger partial charge >= 0.3 is 0 Å². The largest absolute Gasteiger partial charge is 0.381 e. The first-order chi connectivity index (χ1) is 7.47. The fraction of sp³-hybridized carbons (Fsp3) is 1.00. The minimum absolute atomic E-state index is 0.0632. The summed E-state index contributed by atoms with van der Waals surface area (Å²) in [6, 6.07) is 0. The lowest BCUT2D eigenvalue weighted by atomic mass is 9.90. The summed E-state index contributed by atoms with van der Waals surface area (Å²) >= 11 is 0. The molecule has 0 aromatic heterocycles. The molecule has 0 spiro atoms. The summed E-state index contributed by atoms with van der Waals surface area (Å²) in [6.07, 6.45) is 6.15. The Balaban J connectivity index is 2.46. The molecule has 0 N–H and O–H groups in total. The molecule has 0 aromatic rings. The van der Waals surface area contributed by atoms with Crippen LogP contribution in [0, 0.1) is 5.41 Å². The van der Waals surface area contributed by atoms with Crippen molar-refractivity contribution in [2.45, 2.75) is 45.4 Å². The average Bonchev–Trinajstić information content (AvgIpc) is 2.59. The third kappa shape index (κ3) is 5.02. The van der Waals surface area contributed by atoms with Gasteiger partial charge in [-0.05, 0) is 19.3 Å². The Labute approximate surface area is 103 Å². The Hall–Kier alpha value is 0.200. The van der Waals surface area contributed by atoms with Crippen molar-refractivity contribution in [1.82, 2.24) is 0 Å². The summed E-state index contributed by atoms with van der Waals surface area (Å²) < 4.78 is 28.0. The minimum atomic E-state index is -3.42. The normalized spacial score (nSPS) is 20.1. The topological polar surface area (TPSA) is 43.4 Å². The van der Waals surface area contributed by atoms with Crippen molar-refractivity contribution in [3.63, 3.8) is 0 Å². The van der Waals surface area contributed by atoms with E-state index < -0.39 is 9.05 Å². The first kappa shape index (κ1) is 14.3. The van der Waals surface area contributed by atoms with Crippen LogP contribution in [0.25, 0.3) is 0 Å². The molecule has 1 aliphatic rings. The van der Waals surface area contributed by atoms with Crippen LogP contribution in [0.3, 0.4) is 0 Å². The predicted octanol–water partition coefficient (Wildman–Crippen LogP) is 2.93. The third-order valence-electron chi connectivity index (χ3n) is 3.19. The summed E-state index contributed by atoms with van der Waals surface area (Å²) in [5.41, 5.74) is -0.214. The first-order valence-electron chi connectivity index (χ1n) is 5.97. The van der Waals surface area contributed by atoms with Crippen LogP contribution in [-0.2, 0) is 13.8 Å². The van der Waals surface area contributed by atoms with Gasteiger partial charge in [-0.1, -0.05) is 26.2 Å². The van der Waals surface area contributed by atoms with Crippen LogP contribution in [0.15, 0.2) is 0 Å². The van der Waals surface area contributed by atoms with Crippen molar-refractivity contribution in [2.24, 2.45) is 5.41 Å². The molecule has 0 heterocycles. The molecule has 0 unspecified atom stereocenters. The molecular weight excluding hydrogens is 248 g/mol. The molecule has 0 radical (unpaired) electrons. The van der Waals surface area contributed by atoms with Crippen LogP contribution in [0.4, 0.5) is 0 Å². The predicted molar refractivity (Wildman–Crippen MR) is 66.3 cm³/mol. The summed E-state index contributed by atoms with van der Waals surface area (Å²) in [6.45, 7) is 3.37. The van der Waals surface area contributed by atoms with Crippen LogP contribution in [0.5, 0.6) is 0 Å². The molecule has 0 aliphatic heterocycles. The minimum Gasteiger partial charge on any atom is -0.381 e. The van der Waals surface area contributed by atoms with Crippen molar-refractivity contribution in [3.8, 4) is 0 Å². The zero-order valence-electron chi connectivity index (χ0n) is 9.87. The molecule has 5 heteroatoms. The second kappa shape index (κ2) is 6.22. The zero-order valence-corrected chi connectivity index (χ0v) is 11.4. The standard InChI is InChI=1S/C11H21ClO3S/c1-2-3-8-15-9-11(6-4-5-7-11)10-16(12,13)14/h2-10H2,1H3. The molecule has 3 nitrogen and oxygen atoms in total. The molecule has 1 aliphatic carbocycles. The maximum Gasteiger partial charge on any atom is 0.233 e. The van der Waals surface area contributed by atoms with E-state index in [1.165, 1.54) is 0 Å². The second-order valence-corrected chi connectivity index (χ2v) is 7.57. The van der Waals surface area contributed by atoms with E-state index in [0.29, 0.717) is 6.61 Å². The van der Waals surface area contributed by atoms with Crippen molar-refractivity contribution in [2.75, 3.05) is 19.0 Å². The van der Waals surface area contributed by atoms with Crippen molar-refractivity contribution in [1.29, 1.82) is 0 Å². The highest BCUT2D eigenvalue weighted by molar-refractivity contribution is 8.13. The van der Waals surface area contributed by atoms with E-state index in [4.69, 9.17) is 15.4 Å². The van der Waals surface area contributed by atoms with Gasteiger partial charge in [0.1, 0.15) is 0 Å². The monoisotopic (exact) mass is 268 g/mol. The lowest BCUT2D eigenvalue weighted by molar-refractivity contribution is 0.0565. The quantitative estimate of drug-likeness (QED) is 0.527. The van der Waals surface area contributed by atoms with Gasteiger partial charge in [0.25, 0.3) is 0 Å². The number of rotatable bonds is 7. The van der Waals surface area contributed by atoms with Gasteiger partial charge in [-0.2, -0.15) is 0 Å². The number of hydrogen-bond acceptors (Lipinski definition) is 3. The van der Waals surface area contributed by atoms with Gasteiger partial charge in [-0.25, -0.2) is 8.42 Å². The Bertz CT molecular complexity index is 294. The molecule has 0 atom stereocenters. The van der Waals surface area contributed by atoms with Gasteiger partial charge in [0, 0.05) is 22.7 Å². The maximum atomic E-state index is 11.2. The van der Waals surface area contributed by atoms with Crippen molar-refractivity contribution in [3.05, 3.63) is 0 Å². The fourth-order valence-corrected chi connectivity index (χ4v) is 4.15. The van der Waals surface area contributed by atoms with E-state index in [2.05, 4.69) is 6.92 Å². The first-order valence-corrected chi connectivity index (χ1v) is 8.45. The Kier molecular flexibility index (Phi) is 5.54. The van der Waals surface area contributed by atoms with E-state index in [-0.39, 0.29) is 11.2 Å². The maximum absolute atomic E-state index is 11.2. The number of hydrogen-bond donors (Lipinski definition) is 0. The molecule has 96 valence electrons. The van der Waals surface area contributed by atoms with E-state index in [0.717, 1.165) is 45.1 Å². The smallest absolute Gasteiger partial charge is 0.233 e. The van der Waals surface area contributed by atoms with E-state index >= 15 is 0 Å². The Morgan fingerprint density at radius 3 is 2.44 bits per heavy atom. The van der Waals surface area contributed by atoms with Crippen LogP contribution >= 0.6 is 10.7 Å². The highest BCUT2D eigenvalue weighted by Gasteiger charge is 2.37. The van der Waals surface area contributed by atoms with E-state index in [1.807, 2.05) is 0 Å². The van der Waals surface area contributed by atoms with Gasteiger partial charge in [0.05, 0.1) is 12.4 Å². The van der Waals surface area contributed by atoms with Crippen molar-refractivity contribution < 1.29 is 13.2 Å². The highest BCUT2D eigenvalue weighted by Crippen LogP contribution is 2.40. The Morgan fingerprint density at radius 2 is 1.94 bits per heavy atom. The van der Waals surface area contributed by atoms with Crippen molar-refractivity contribution >= 4 is 19.7 Å². The molecule has 1 saturated carbocycles. The molecular formula is C11H21ClO3S. The summed E-state index contributed by atoms with van der Waals surface area (Å²) in [4.78, 5) is 0. The molecule has 0 bridgehead atoms.